The standard InChI is InChI=1S/C11H7ClF3N3O/c12-8-9(16)17-5-18-10(8)19-7-4-2-1-3-6(7)11(13,14)15/h1-5H,(H2,16,17,18). The molecule has 0 saturated carbocycles. The van der Waals surface area contributed by atoms with Gasteiger partial charge in [0.25, 0.3) is 0 Å². The Hall–Kier alpha value is -2.02. The first-order valence-corrected chi connectivity index (χ1v) is 5.37. The van der Waals surface area contributed by atoms with Gasteiger partial charge in [0.15, 0.2) is 0 Å². The predicted octanol–water partition coefficient (Wildman–Crippen LogP) is 3.52. The smallest absolute Gasteiger partial charge is 0.419 e. The Balaban J connectivity index is 2.42. The van der Waals surface area contributed by atoms with Crippen LogP contribution in [0.2, 0.25) is 5.02 Å². The maximum absolute atomic E-state index is 12.8. The van der Waals surface area contributed by atoms with Crippen molar-refractivity contribution in [3.8, 4) is 11.6 Å². The van der Waals surface area contributed by atoms with E-state index in [2.05, 4.69) is 9.97 Å². The van der Waals surface area contributed by atoms with Gasteiger partial charge in [0.2, 0.25) is 5.88 Å². The first kappa shape index (κ1) is 13.4. The van der Waals surface area contributed by atoms with Crippen LogP contribution in [-0.4, -0.2) is 9.97 Å². The summed E-state index contributed by atoms with van der Waals surface area (Å²) in [6.45, 7) is 0. The number of nitrogen functional groups attached to an aromatic ring is 1. The molecule has 8 heteroatoms. The Kier molecular flexibility index (Phi) is 3.48. The summed E-state index contributed by atoms with van der Waals surface area (Å²) in [4.78, 5) is 7.23. The van der Waals surface area contributed by atoms with Crippen LogP contribution in [-0.2, 0) is 6.18 Å². The van der Waals surface area contributed by atoms with Crippen LogP contribution in [0.5, 0.6) is 11.6 Å². The Bertz CT molecular complexity index is 604. The molecule has 4 nitrogen and oxygen atoms in total. The Morgan fingerprint density at radius 2 is 1.84 bits per heavy atom. The van der Waals surface area contributed by atoms with Crippen molar-refractivity contribution in [3.05, 3.63) is 41.2 Å². The summed E-state index contributed by atoms with van der Waals surface area (Å²) in [5.41, 5.74) is 4.49. The van der Waals surface area contributed by atoms with Crippen molar-refractivity contribution < 1.29 is 17.9 Å². The minimum absolute atomic E-state index is 0.0730. The van der Waals surface area contributed by atoms with Gasteiger partial charge in [-0.3, -0.25) is 0 Å². The molecule has 0 radical (unpaired) electrons. The number of hydrogen-bond donors (Lipinski definition) is 1. The van der Waals surface area contributed by atoms with Crippen LogP contribution < -0.4 is 10.5 Å². The molecule has 0 fully saturated rings. The molecule has 19 heavy (non-hydrogen) atoms. The highest BCUT2D eigenvalue weighted by molar-refractivity contribution is 6.34. The van der Waals surface area contributed by atoms with E-state index in [9.17, 15) is 13.2 Å². The fourth-order valence-corrected chi connectivity index (χ4v) is 1.47. The first-order valence-electron chi connectivity index (χ1n) is 4.99. The van der Waals surface area contributed by atoms with Gasteiger partial charge in [-0.05, 0) is 12.1 Å². The van der Waals surface area contributed by atoms with Crippen LogP contribution in [0.4, 0.5) is 19.0 Å². The molecule has 0 amide bonds. The summed E-state index contributed by atoms with van der Waals surface area (Å²) in [6, 6.07) is 4.72. The fraction of sp³-hybridized carbons (Fsp3) is 0.0909. The third-order valence-electron chi connectivity index (χ3n) is 2.18. The lowest BCUT2D eigenvalue weighted by molar-refractivity contribution is -0.138. The largest absolute Gasteiger partial charge is 0.437 e. The lowest BCUT2D eigenvalue weighted by atomic mass is 10.2. The number of hydrogen-bond acceptors (Lipinski definition) is 4. The van der Waals surface area contributed by atoms with Crippen LogP contribution in [0.25, 0.3) is 0 Å². The summed E-state index contributed by atoms with van der Waals surface area (Å²) in [5, 5.41) is -0.139. The molecule has 0 unspecified atom stereocenters. The molecule has 1 aromatic carbocycles. The molecule has 2 rings (SSSR count). The molecule has 0 saturated heterocycles. The third kappa shape index (κ3) is 2.87. The molecule has 0 aliphatic heterocycles. The fourth-order valence-electron chi connectivity index (χ4n) is 1.33. The van der Waals surface area contributed by atoms with Gasteiger partial charge in [-0.1, -0.05) is 23.7 Å². The molecule has 0 spiro atoms. The molecule has 2 aromatic rings. The van der Waals surface area contributed by atoms with Gasteiger partial charge in [0.1, 0.15) is 22.9 Å². The van der Waals surface area contributed by atoms with E-state index >= 15 is 0 Å². The highest BCUT2D eigenvalue weighted by Gasteiger charge is 2.34. The topological polar surface area (TPSA) is 61.0 Å². The Morgan fingerprint density at radius 1 is 1.16 bits per heavy atom. The van der Waals surface area contributed by atoms with Crippen LogP contribution in [0.15, 0.2) is 30.6 Å². The SMILES string of the molecule is Nc1ncnc(Oc2ccccc2C(F)(F)F)c1Cl. The van der Waals surface area contributed by atoms with Gasteiger partial charge in [-0.25, -0.2) is 4.98 Å². The van der Waals surface area contributed by atoms with Crippen molar-refractivity contribution in [2.45, 2.75) is 6.18 Å². The van der Waals surface area contributed by atoms with E-state index in [1.807, 2.05) is 0 Å². The normalized spacial score (nSPS) is 11.4. The van der Waals surface area contributed by atoms with Crippen LogP contribution in [0.3, 0.4) is 0 Å². The van der Waals surface area contributed by atoms with Gasteiger partial charge in [-0.2, -0.15) is 18.2 Å². The van der Waals surface area contributed by atoms with Gasteiger partial charge >= 0.3 is 6.18 Å². The number of rotatable bonds is 2. The monoisotopic (exact) mass is 289 g/mol. The van der Waals surface area contributed by atoms with Crippen LogP contribution >= 0.6 is 11.6 Å². The van der Waals surface area contributed by atoms with Crippen molar-refractivity contribution in [1.82, 2.24) is 9.97 Å². The number of anilines is 1. The van der Waals surface area contributed by atoms with E-state index in [0.29, 0.717) is 0 Å². The van der Waals surface area contributed by atoms with Crippen molar-refractivity contribution in [3.63, 3.8) is 0 Å². The summed E-state index contributed by atoms with van der Waals surface area (Å²) in [6.07, 6.45) is -3.49. The van der Waals surface area contributed by atoms with E-state index in [4.69, 9.17) is 22.1 Å². The molecule has 0 bridgehead atoms. The van der Waals surface area contributed by atoms with Crippen LogP contribution in [0.1, 0.15) is 5.56 Å². The quantitative estimate of drug-likeness (QED) is 0.919. The summed E-state index contributed by atoms with van der Waals surface area (Å²) in [5.74, 6) is -0.711. The zero-order chi connectivity index (χ0) is 14.0. The number of ether oxygens (including phenoxy) is 1. The third-order valence-corrected chi connectivity index (χ3v) is 2.54. The molecular weight excluding hydrogens is 283 g/mol. The number of para-hydroxylation sites is 1. The van der Waals surface area contributed by atoms with Gasteiger partial charge in [0, 0.05) is 0 Å². The Labute approximate surface area is 111 Å². The second-order valence-corrected chi connectivity index (χ2v) is 3.85. The highest BCUT2D eigenvalue weighted by atomic mass is 35.5. The minimum Gasteiger partial charge on any atom is -0.437 e. The van der Waals surface area contributed by atoms with Gasteiger partial charge in [0.05, 0.1) is 5.56 Å². The second-order valence-electron chi connectivity index (χ2n) is 3.47. The van der Waals surface area contributed by atoms with Crippen molar-refractivity contribution in [2.75, 3.05) is 5.73 Å². The zero-order valence-corrected chi connectivity index (χ0v) is 10.0. The highest BCUT2D eigenvalue weighted by Crippen LogP contribution is 2.39. The van der Waals surface area contributed by atoms with Gasteiger partial charge in [-0.15, -0.1) is 0 Å². The molecule has 0 atom stereocenters. The molecular formula is C11H7ClF3N3O. The van der Waals surface area contributed by atoms with Crippen LogP contribution in [0, 0.1) is 0 Å². The number of benzene rings is 1. The molecule has 2 N–H and O–H groups in total. The predicted molar refractivity (Wildman–Crippen MR) is 63.0 cm³/mol. The number of aromatic nitrogens is 2. The number of alkyl halides is 3. The van der Waals surface area contributed by atoms with E-state index in [-0.39, 0.29) is 16.7 Å². The molecule has 100 valence electrons. The average Bonchev–Trinajstić information content (AvgIpc) is 2.34. The zero-order valence-electron chi connectivity index (χ0n) is 9.28. The van der Waals surface area contributed by atoms with E-state index < -0.39 is 17.5 Å². The second kappa shape index (κ2) is 4.93. The first-order chi connectivity index (χ1) is 8.89. The van der Waals surface area contributed by atoms with Crippen molar-refractivity contribution in [1.29, 1.82) is 0 Å². The summed E-state index contributed by atoms with van der Waals surface area (Å²) < 4.78 is 43.3. The Morgan fingerprint density at radius 3 is 2.53 bits per heavy atom. The molecule has 0 aliphatic carbocycles. The summed E-state index contributed by atoms with van der Waals surface area (Å²) in [7, 11) is 0. The van der Waals surface area contributed by atoms with Crippen molar-refractivity contribution in [2.24, 2.45) is 0 Å². The van der Waals surface area contributed by atoms with E-state index in [1.165, 1.54) is 12.1 Å². The lowest BCUT2D eigenvalue weighted by Gasteiger charge is -2.13. The molecule has 0 aliphatic rings. The van der Waals surface area contributed by atoms with E-state index in [1.54, 1.807) is 0 Å². The number of nitrogens with zero attached hydrogens (tertiary/aromatic N) is 2. The summed E-state index contributed by atoms with van der Waals surface area (Å²) >= 11 is 5.75. The minimum atomic E-state index is -4.54. The average molecular weight is 290 g/mol. The van der Waals surface area contributed by atoms with Gasteiger partial charge < -0.3 is 10.5 Å². The molecule has 1 heterocycles. The van der Waals surface area contributed by atoms with E-state index in [0.717, 1.165) is 18.5 Å². The van der Waals surface area contributed by atoms with Crippen molar-refractivity contribution >= 4 is 17.4 Å². The molecule has 1 aromatic heterocycles. The maximum atomic E-state index is 12.8. The maximum Gasteiger partial charge on any atom is 0.419 e. The number of halogens is 4. The number of nitrogens with two attached hydrogens (primary N) is 1. The lowest BCUT2D eigenvalue weighted by Crippen LogP contribution is -2.07.